The lowest BCUT2D eigenvalue weighted by atomic mass is 10.1. The molecule has 0 saturated heterocycles. The van der Waals surface area contributed by atoms with E-state index in [0.717, 1.165) is 11.1 Å². The summed E-state index contributed by atoms with van der Waals surface area (Å²) >= 11 is 0. The molecule has 0 radical (unpaired) electrons. The highest BCUT2D eigenvalue weighted by molar-refractivity contribution is 5.81. The van der Waals surface area contributed by atoms with Crippen molar-refractivity contribution in [2.75, 3.05) is 21.3 Å². The zero-order chi connectivity index (χ0) is 19.8. The normalized spacial score (nSPS) is 11.4. The van der Waals surface area contributed by atoms with Crippen molar-refractivity contribution >= 4 is 5.91 Å². The molecule has 0 aliphatic rings. The molecule has 2 aromatic carbocycles. The van der Waals surface area contributed by atoms with E-state index in [2.05, 4.69) is 5.32 Å². The van der Waals surface area contributed by atoms with Crippen LogP contribution in [0.2, 0.25) is 0 Å². The molecule has 0 fully saturated rings. The molecule has 2 rings (SSSR count). The van der Waals surface area contributed by atoms with Crippen molar-refractivity contribution in [2.45, 2.75) is 32.9 Å². The summed E-state index contributed by atoms with van der Waals surface area (Å²) in [7, 11) is 4.66. The van der Waals surface area contributed by atoms with Crippen LogP contribution >= 0.6 is 0 Å². The van der Waals surface area contributed by atoms with Gasteiger partial charge in [0.25, 0.3) is 5.91 Å². The summed E-state index contributed by atoms with van der Waals surface area (Å²) < 4.78 is 22.0. The molecular weight excluding hydrogens is 346 g/mol. The van der Waals surface area contributed by atoms with Crippen molar-refractivity contribution in [1.82, 2.24) is 5.32 Å². The molecule has 1 amide bonds. The first-order valence-electron chi connectivity index (χ1n) is 8.82. The third-order valence-corrected chi connectivity index (χ3v) is 4.17. The largest absolute Gasteiger partial charge is 0.493 e. The van der Waals surface area contributed by atoms with Gasteiger partial charge in [-0.15, -0.1) is 0 Å². The van der Waals surface area contributed by atoms with Gasteiger partial charge in [-0.1, -0.05) is 19.1 Å². The van der Waals surface area contributed by atoms with E-state index in [0.29, 0.717) is 29.4 Å². The van der Waals surface area contributed by atoms with E-state index in [-0.39, 0.29) is 12.5 Å². The summed E-state index contributed by atoms with van der Waals surface area (Å²) in [5.74, 6) is 2.09. The second-order valence-corrected chi connectivity index (χ2v) is 6.04. The van der Waals surface area contributed by atoms with Gasteiger partial charge in [-0.05, 0) is 43.2 Å². The second kappa shape index (κ2) is 9.71. The SMILES string of the molecule is CC[C@@H](Oc1cccc(C)c1)C(=O)NCc1ccc(OC)c(OC)c1OC. The van der Waals surface area contributed by atoms with Gasteiger partial charge in [0.2, 0.25) is 5.75 Å². The number of amides is 1. The monoisotopic (exact) mass is 373 g/mol. The Morgan fingerprint density at radius 3 is 2.37 bits per heavy atom. The van der Waals surface area contributed by atoms with Crippen molar-refractivity contribution in [3.05, 3.63) is 47.5 Å². The minimum Gasteiger partial charge on any atom is -0.493 e. The Kier molecular flexibility index (Phi) is 7.34. The third kappa shape index (κ3) is 5.06. The zero-order valence-corrected chi connectivity index (χ0v) is 16.5. The number of rotatable bonds is 9. The number of hydrogen-bond acceptors (Lipinski definition) is 5. The van der Waals surface area contributed by atoms with Gasteiger partial charge in [-0.2, -0.15) is 0 Å². The predicted octanol–water partition coefficient (Wildman–Crippen LogP) is 3.49. The summed E-state index contributed by atoms with van der Waals surface area (Å²) in [6.45, 7) is 4.18. The standard InChI is InChI=1S/C21H27NO5/c1-6-17(27-16-9-7-8-14(2)12-16)21(23)22-13-15-10-11-18(24-3)20(26-5)19(15)25-4/h7-12,17H,6,13H2,1-5H3,(H,22,23)/t17-/m1/s1. The smallest absolute Gasteiger partial charge is 0.261 e. The average molecular weight is 373 g/mol. The van der Waals surface area contributed by atoms with E-state index >= 15 is 0 Å². The molecular formula is C21H27NO5. The van der Waals surface area contributed by atoms with Gasteiger partial charge in [0, 0.05) is 12.1 Å². The van der Waals surface area contributed by atoms with Crippen LogP contribution in [0.5, 0.6) is 23.0 Å². The highest BCUT2D eigenvalue weighted by Crippen LogP contribution is 2.39. The first-order chi connectivity index (χ1) is 13.0. The number of hydrogen-bond donors (Lipinski definition) is 1. The quantitative estimate of drug-likeness (QED) is 0.729. The van der Waals surface area contributed by atoms with E-state index in [9.17, 15) is 4.79 Å². The Morgan fingerprint density at radius 2 is 1.78 bits per heavy atom. The molecule has 6 nitrogen and oxygen atoms in total. The van der Waals surface area contributed by atoms with E-state index in [1.807, 2.05) is 44.2 Å². The molecule has 0 heterocycles. The van der Waals surface area contributed by atoms with E-state index in [1.165, 1.54) is 0 Å². The summed E-state index contributed by atoms with van der Waals surface area (Å²) in [4.78, 5) is 12.6. The molecule has 0 aromatic heterocycles. The van der Waals surface area contributed by atoms with Crippen LogP contribution in [0.1, 0.15) is 24.5 Å². The Bertz CT molecular complexity index is 775. The maximum absolute atomic E-state index is 12.6. The maximum atomic E-state index is 12.6. The second-order valence-electron chi connectivity index (χ2n) is 6.04. The van der Waals surface area contributed by atoms with Crippen LogP contribution in [0.25, 0.3) is 0 Å². The van der Waals surface area contributed by atoms with Crippen molar-refractivity contribution in [3.8, 4) is 23.0 Å². The number of aryl methyl sites for hydroxylation is 1. The van der Waals surface area contributed by atoms with E-state index in [1.54, 1.807) is 27.4 Å². The molecule has 0 aliphatic carbocycles. The lowest BCUT2D eigenvalue weighted by molar-refractivity contribution is -0.128. The number of benzene rings is 2. The Labute approximate surface area is 160 Å². The number of methoxy groups -OCH3 is 3. The summed E-state index contributed by atoms with van der Waals surface area (Å²) in [5, 5.41) is 2.91. The number of nitrogens with one attached hydrogen (secondary N) is 1. The number of carbonyl (C=O) groups is 1. The fourth-order valence-corrected chi connectivity index (χ4v) is 2.77. The van der Waals surface area contributed by atoms with Crippen LogP contribution in [0.15, 0.2) is 36.4 Å². The van der Waals surface area contributed by atoms with Gasteiger partial charge >= 0.3 is 0 Å². The zero-order valence-electron chi connectivity index (χ0n) is 16.5. The Morgan fingerprint density at radius 1 is 1.04 bits per heavy atom. The molecule has 0 unspecified atom stereocenters. The highest BCUT2D eigenvalue weighted by Gasteiger charge is 2.20. The fraction of sp³-hybridized carbons (Fsp3) is 0.381. The fourth-order valence-electron chi connectivity index (χ4n) is 2.77. The molecule has 0 bridgehead atoms. The molecule has 6 heteroatoms. The van der Waals surface area contributed by atoms with Crippen LogP contribution in [0.3, 0.4) is 0 Å². The van der Waals surface area contributed by atoms with Gasteiger partial charge in [-0.3, -0.25) is 4.79 Å². The summed E-state index contributed by atoms with van der Waals surface area (Å²) in [6, 6.07) is 11.3. The molecule has 0 aliphatic heterocycles. The molecule has 1 N–H and O–H groups in total. The van der Waals surface area contributed by atoms with Crippen molar-refractivity contribution in [3.63, 3.8) is 0 Å². The van der Waals surface area contributed by atoms with Crippen molar-refractivity contribution < 1.29 is 23.7 Å². The van der Waals surface area contributed by atoms with Gasteiger partial charge < -0.3 is 24.3 Å². The summed E-state index contributed by atoms with van der Waals surface area (Å²) in [5.41, 5.74) is 1.87. The molecule has 146 valence electrons. The topological polar surface area (TPSA) is 66.0 Å². The highest BCUT2D eigenvalue weighted by atomic mass is 16.5. The number of carbonyl (C=O) groups excluding carboxylic acids is 1. The molecule has 2 aromatic rings. The maximum Gasteiger partial charge on any atom is 0.261 e. The molecule has 0 saturated carbocycles. The van der Waals surface area contributed by atoms with Crippen molar-refractivity contribution in [2.24, 2.45) is 0 Å². The van der Waals surface area contributed by atoms with Gasteiger partial charge in [0.05, 0.1) is 21.3 Å². The van der Waals surface area contributed by atoms with Gasteiger partial charge in [-0.25, -0.2) is 0 Å². The van der Waals surface area contributed by atoms with Crippen LogP contribution < -0.4 is 24.3 Å². The first kappa shape index (κ1) is 20.4. The minimum atomic E-state index is -0.571. The summed E-state index contributed by atoms with van der Waals surface area (Å²) in [6.07, 6.45) is -0.0130. The third-order valence-electron chi connectivity index (χ3n) is 4.17. The minimum absolute atomic E-state index is 0.184. The lowest BCUT2D eigenvalue weighted by Gasteiger charge is -2.19. The van der Waals surface area contributed by atoms with Crippen LogP contribution in [-0.4, -0.2) is 33.3 Å². The van der Waals surface area contributed by atoms with E-state index < -0.39 is 6.10 Å². The van der Waals surface area contributed by atoms with Gasteiger partial charge in [0.1, 0.15) is 5.75 Å². The Hall–Kier alpha value is -2.89. The predicted molar refractivity (Wildman–Crippen MR) is 104 cm³/mol. The van der Waals surface area contributed by atoms with Crippen LogP contribution in [0, 0.1) is 6.92 Å². The van der Waals surface area contributed by atoms with E-state index in [4.69, 9.17) is 18.9 Å². The number of ether oxygens (including phenoxy) is 4. The Balaban J connectivity index is 2.09. The van der Waals surface area contributed by atoms with Crippen molar-refractivity contribution in [1.29, 1.82) is 0 Å². The average Bonchev–Trinajstić information content (AvgIpc) is 2.69. The van der Waals surface area contributed by atoms with Crippen LogP contribution in [-0.2, 0) is 11.3 Å². The first-order valence-corrected chi connectivity index (χ1v) is 8.82. The van der Waals surface area contributed by atoms with Gasteiger partial charge in [0.15, 0.2) is 17.6 Å². The lowest BCUT2D eigenvalue weighted by Crippen LogP contribution is -2.37. The molecule has 27 heavy (non-hydrogen) atoms. The molecule has 0 spiro atoms. The molecule has 1 atom stereocenters. The van der Waals surface area contributed by atoms with Crippen LogP contribution in [0.4, 0.5) is 0 Å².